The Hall–Kier alpha value is -1.43. The molecule has 3 aromatic heterocycles. The molecule has 0 bridgehead atoms. The molecule has 20 heavy (non-hydrogen) atoms. The van der Waals surface area contributed by atoms with Gasteiger partial charge in [0, 0.05) is 11.8 Å². The summed E-state index contributed by atoms with van der Waals surface area (Å²) in [6.07, 6.45) is -1.58. The normalized spacial score (nSPS) is 12.2. The lowest BCUT2D eigenvalue weighted by Crippen LogP contribution is -2.10. The largest absolute Gasteiger partial charge is 0.419 e. The van der Waals surface area contributed by atoms with Crippen molar-refractivity contribution in [3.63, 3.8) is 0 Å². The fourth-order valence-corrected chi connectivity index (χ4v) is 3.13. The highest BCUT2D eigenvalue weighted by atomic mass is 127. The Labute approximate surface area is 127 Å². The third kappa shape index (κ3) is 2.32. The maximum absolute atomic E-state index is 12.8. The van der Waals surface area contributed by atoms with Crippen molar-refractivity contribution in [3.05, 3.63) is 27.7 Å². The van der Waals surface area contributed by atoms with Gasteiger partial charge in [0.25, 0.3) is 0 Å². The van der Waals surface area contributed by atoms with Gasteiger partial charge in [-0.25, -0.2) is 14.5 Å². The second-order valence-electron chi connectivity index (χ2n) is 3.85. The summed E-state index contributed by atoms with van der Waals surface area (Å²) in [7, 11) is 0. The van der Waals surface area contributed by atoms with E-state index in [1.165, 1.54) is 22.0 Å². The van der Waals surface area contributed by atoms with E-state index in [4.69, 9.17) is 5.73 Å². The van der Waals surface area contributed by atoms with Gasteiger partial charge < -0.3 is 5.73 Å². The second-order valence-corrected chi connectivity index (χ2v) is 5.91. The van der Waals surface area contributed by atoms with E-state index in [0.717, 1.165) is 9.77 Å². The van der Waals surface area contributed by atoms with Crippen molar-refractivity contribution >= 4 is 44.7 Å². The Kier molecular flexibility index (Phi) is 3.08. The molecule has 0 aliphatic rings. The molecule has 0 atom stereocenters. The van der Waals surface area contributed by atoms with Crippen LogP contribution in [0.5, 0.6) is 0 Å². The molecule has 3 heterocycles. The number of nitrogen functional groups attached to an aromatic ring is 1. The van der Waals surface area contributed by atoms with E-state index in [9.17, 15) is 13.2 Å². The first-order chi connectivity index (χ1) is 9.34. The fraction of sp³-hybridized carbons (Fsp3) is 0.100. The molecule has 0 aliphatic heterocycles. The number of anilines is 1. The van der Waals surface area contributed by atoms with Gasteiger partial charge in [-0.2, -0.15) is 18.3 Å². The zero-order valence-corrected chi connectivity index (χ0v) is 12.5. The van der Waals surface area contributed by atoms with E-state index in [1.807, 2.05) is 22.6 Å². The molecular formula is C10H5F3IN5S. The molecule has 5 nitrogen and oxygen atoms in total. The molecule has 0 spiro atoms. The number of rotatable bonds is 1. The number of imidazole rings is 1. The van der Waals surface area contributed by atoms with E-state index in [1.54, 1.807) is 6.20 Å². The standard InChI is InChI=1S/C10H5F3IN5S/c11-10(12,13)5-1-4(2-16-7(5)15)8-18-19-3-6(14)17-9(19)20-8/h1-3H,(H2,15,16). The fourth-order valence-electron chi connectivity index (χ4n) is 1.61. The Morgan fingerprint density at radius 1 is 1.35 bits per heavy atom. The summed E-state index contributed by atoms with van der Waals surface area (Å²) in [5.41, 5.74) is 4.56. The van der Waals surface area contributed by atoms with E-state index >= 15 is 0 Å². The number of fused-ring (bicyclic) bond motifs is 1. The summed E-state index contributed by atoms with van der Waals surface area (Å²) < 4.78 is 40.6. The Balaban J connectivity index is 2.11. The molecule has 0 aromatic carbocycles. The SMILES string of the molecule is Nc1ncc(-c2nn3cc(I)nc3s2)cc1C(F)(F)F. The minimum absolute atomic E-state index is 0.261. The first kappa shape index (κ1) is 13.5. The summed E-state index contributed by atoms with van der Waals surface area (Å²) >= 11 is 3.22. The summed E-state index contributed by atoms with van der Waals surface area (Å²) in [6.45, 7) is 0. The summed E-state index contributed by atoms with van der Waals surface area (Å²) in [4.78, 5) is 8.38. The average Bonchev–Trinajstić information content (AvgIpc) is 2.85. The summed E-state index contributed by atoms with van der Waals surface area (Å²) in [5, 5.41) is 4.58. The van der Waals surface area contributed by atoms with Crippen LogP contribution >= 0.6 is 33.9 Å². The number of pyridine rings is 1. The Morgan fingerprint density at radius 3 is 2.75 bits per heavy atom. The Morgan fingerprint density at radius 2 is 2.10 bits per heavy atom. The minimum Gasteiger partial charge on any atom is -0.383 e. The average molecular weight is 411 g/mol. The number of hydrogen-bond donors (Lipinski definition) is 1. The Bertz CT molecular complexity index is 762. The molecule has 0 radical (unpaired) electrons. The molecule has 3 rings (SSSR count). The number of halogens is 4. The quantitative estimate of drug-likeness (QED) is 0.626. The monoisotopic (exact) mass is 411 g/mol. The van der Waals surface area contributed by atoms with Gasteiger partial charge in [-0.15, -0.1) is 0 Å². The maximum Gasteiger partial charge on any atom is 0.419 e. The lowest BCUT2D eigenvalue weighted by Gasteiger charge is -2.09. The van der Waals surface area contributed by atoms with Gasteiger partial charge in [0.2, 0.25) is 4.96 Å². The molecule has 0 saturated carbocycles. The van der Waals surface area contributed by atoms with Crippen LogP contribution in [-0.2, 0) is 6.18 Å². The van der Waals surface area contributed by atoms with E-state index < -0.39 is 17.6 Å². The van der Waals surface area contributed by atoms with Crippen LogP contribution in [0.3, 0.4) is 0 Å². The lowest BCUT2D eigenvalue weighted by molar-refractivity contribution is -0.137. The second kappa shape index (κ2) is 4.55. The van der Waals surface area contributed by atoms with Gasteiger partial charge in [-0.1, -0.05) is 11.3 Å². The topological polar surface area (TPSA) is 69.1 Å². The van der Waals surface area contributed by atoms with Gasteiger partial charge in [-0.05, 0) is 28.7 Å². The predicted octanol–water partition coefficient (Wildman–Crippen LogP) is 3.06. The number of nitrogens with zero attached hydrogens (tertiary/aromatic N) is 4. The maximum atomic E-state index is 12.8. The first-order valence-electron chi connectivity index (χ1n) is 5.19. The molecule has 0 saturated heterocycles. The van der Waals surface area contributed by atoms with Crippen molar-refractivity contribution in [2.75, 3.05) is 5.73 Å². The smallest absolute Gasteiger partial charge is 0.383 e. The first-order valence-corrected chi connectivity index (χ1v) is 7.09. The van der Waals surface area contributed by atoms with E-state index in [0.29, 0.717) is 9.97 Å². The van der Waals surface area contributed by atoms with Crippen molar-refractivity contribution in [3.8, 4) is 10.6 Å². The van der Waals surface area contributed by atoms with Gasteiger partial charge in [0.1, 0.15) is 14.5 Å². The third-order valence-electron chi connectivity index (χ3n) is 2.48. The van der Waals surface area contributed by atoms with Crippen LogP contribution in [0.25, 0.3) is 15.5 Å². The van der Waals surface area contributed by atoms with Crippen LogP contribution in [0.4, 0.5) is 19.0 Å². The zero-order chi connectivity index (χ0) is 14.5. The van der Waals surface area contributed by atoms with Gasteiger partial charge >= 0.3 is 6.18 Å². The minimum atomic E-state index is -4.54. The molecule has 0 amide bonds. The molecule has 104 valence electrons. The van der Waals surface area contributed by atoms with Gasteiger partial charge in [-0.3, -0.25) is 0 Å². The summed E-state index contributed by atoms with van der Waals surface area (Å²) in [5.74, 6) is -0.544. The van der Waals surface area contributed by atoms with Crippen LogP contribution in [0, 0.1) is 3.70 Å². The molecule has 2 N–H and O–H groups in total. The van der Waals surface area contributed by atoms with Crippen LogP contribution in [-0.4, -0.2) is 19.6 Å². The van der Waals surface area contributed by atoms with Crippen LogP contribution in [0.1, 0.15) is 5.56 Å². The van der Waals surface area contributed by atoms with Crippen molar-refractivity contribution in [1.82, 2.24) is 19.6 Å². The van der Waals surface area contributed by atoms with E-state index in [2.05, 4.69) is 15.1 Å². The van der Waals surface area contributed by atoms with Gasteiger partial charge in [0.15, 0.2) is 0 Å². The molecule has 10 heteroatoms. The number of alkyl halides is 3. The number of nitrogens with two attached hydrogens (primary N) is 1. The lowest BCUT2D eigenvalue weighted by atomic mass is 10.2. The highest BCUT2D eigenvalue weighted by Gasteiger charge is 2.34. The molecule has 0 unspecified atom stereocenters. The highest BCUT2D eigenvalue weighted by Crippen LogP contribution is 2.35. The van der Waals surface area contributed by atoms with E-state index in [-0.39, 0.29) is 5.56 Å². The molecule has 0 aliphatic carbocycles. The summed E-state index contributed by atoms with van der Waals surface area (Å²) in [6, 6.07) is 0.950. The van der Waals surface area contributed by atoms with Gasteiger partial charge in [0.05, 0.1) is 11.8 Å². The molecule has 3 aromatic rings. The van der Waals surface area contributed by atoms with Crippen molar-refractivity contribution in [1.29, 1.82) is 0 Å². The number of aromatic nitrogens is 4. The van der Waals surface area contributed by atoms with Crippen LogP contribution < -0.4 is 5.73 Å². The zero-order valence-electron chi connectivity index (χ0n) is 9.52. The van der Waals surface area contributed by atoms with Crippen molar-refractivity contribution < 1.29 is 13.2 Å². The molecular weight excluding hydrogens is 406 g/mol. The van der Waals surface area contributed by atoms with Crippen molar-refractivity contribution in [2.24, 2.45) is 0 Å². The van der Waals surface area contributed by atoms with Crippen molar-refractivity contribution in [2.45, 2.75) is 6.18 Å². The molecule has 0 fully saturated rings. The number of hydrogen-bond acceptors (Lipinski definition) is 5. The van der Waals surface area contributed by atoms with Crippen LogP contribution in [0.2, 0.25) is 0 Å². The third-order valence-corrected chi connectivity index (χ3v) is 3.98. The highest BCUT2D eigenvalue weighted by molar-refractivity contribution is 14.1. The predicted molar refractivity (Wildman–Crippen MR) is 76.2 cm³/mol. The van der Waals surface area contributed by atoms with Crippen LogP contribution in [0.15, 0.2) is 18.5 Å².